The van der Waals surface area contributed by atoms with Crippen LogP contribution in [0.15, 0.2) is 18.2 Å². The van der Waals surface area contributed by atoms with E-state index in [2.05, 4.69) is 42.3 Å². The fourth-order valence-electron chi connectivity index (χ4n) is 3.82. The van der Waals surface area contributed by atoms with Crippen molar-refractivity contribution in [1.82, 2.24) is 10.2 Å². The fraction of sp³-hybridized carbons (Fsp3) is 0.667. The number of rotatable bonds is 4. The molecule has 0 spiro atoms. The first-order valence-corrected chi connectivity index (χ1v) is 8.34. The number of benzene rings is 1. The predicted octanol–water partition coefficient (Wildman–Crippen LogP) is 3.45. The van der Waals surface area contributed by atoms with Gasteiger partial charge in [-0.3, -0.25) is 0 Å². The highest BCUT2D eigenvalue weighted by Gasteiger charge is 2.26. The highest BCUT2D eigenvalue weighted by Crippen LogP contribution is 2.32. The maximum absolute atomic E-state index is 3.94. The molecule has 110 valence electrons. The van der Waals surface area contributed by atoms with Gasteiger partial charge < -0.3 is 10.2 Å². The SMILES string of the molecule is CCCN1CCC(NC2CCc3ccc(C)cc32)CC1. The molecule has 0 aromatic heterocycles. The minimum absolute atomic E-state index is 0.604. The van der Waals surface area contributed by atoms with Gasteiger partial charge in [-0.05, 0) is 69.8 Å². The van der Waals surface area contributed by atoms with E-state index in [4.69, 9.17) is 0 Å². The number of hydrogen-bond donors (Lipinski definition) is 1. The van der Waals surface area contributed by atoms with Crippen LogP contribution in [0.1, 0.15) is 55.3 Å². The van der Waals surface area contributed by atoms with Gasteiger partial charge in [0.25, 0.3) is 0 Å². The number of fused-ring (bicyclic) bond motifs is 1. The summed E-state index contributed by atoms with van der Waals surface area (Å²) >= 11 is 0. The maximum atomic E-state index is 3.94. The largest absolute Gasteiger partial charge is 0.307 e. The van der Waals surface area contributed by atoms with Gasteiger partial charge >= 0.3 is 0 Å². The molecule has 1 atom stereocenters. The van der Waals surface area contributed by atoms with E-state index in [0.717, 1.165) is 6.04 Å². The van der Waals surface area contributed by atoms with Gasteiger partial charge in [0.1, 0.15) is 0 Å². The quantitative estimate of drug-likeness (QED) is 0.903. The molecule has 0 radical (unpaired) electrons. The number of nitrogens with zero attached hydrogens (tertiary/aromatic N) is 1. The van der Waals surface area contributed by atoms with Crippen molar-refractivity contribution in [2.45, 2.75) is 58.0 Å². The Bertz CT molecular complexity index is 447. The summed E-state index contributed by atoms with van der Waals surface area (Å²) in [6, 6.07) is 8.31. The van der Waals surface area contributed by atoms with E-state index in [9.17, 15) is 0 Å². The van der Waals surface area contributed by atoms with Gasteiger partial charge in [-0.2, -0.15) is 0 Å². The third-order valence-corrected chi connectivity index (χ3v) is 4.94. The summed E-state index contributed by atoms with van der Waals surface area (Å²) in [7, 11) is 0. The zero-order valence-electron chi connectivity index (χ0n) is 13.0. The van der Waals surface area contributed by atoms with Gasteiger partial charge in [0.15, 0.2) is 0 Å². The van der Waals surface area contributed by atoms with Crippen LogP contribution in [0.3, 0.4) is 0 Å². The molecular formula is C18H28N2. The molecule has 20 heavy (non-hydrogen) atoms. The van der Waals surface area contributed by atoms with Gasteiger partial charge in [0.05, 0.1) is 0 Å². The lowest BCUT2D eigenvalue weighted by Gasteiger charge is -2.34. The summed E-state index contributed by atoms with van der Waals surface area (Å²) in [5, 5.41) is 3.94. The average Bonchev–Trinajstić information content (AvgIpc) is 2.84. The fourth-order valence-corrected chi connectivity index (χ4v) is 3.82. The van der Waals surface area contributed by atoms with Crippen molar-refractivity contribution in [3.63, 3.8) is 0 Å². The minimum atomic E-state index is 0.604. The average molecular weight is 272 g/mol. The maximum Gasteiger partial charge on any atom is 0.0328 e. The lowest BCUT2D eigenvalue weighted by Crippen LogP contribution is -2.43. The molecule has 0 saturated carbocycles. The number of nitrogens with one attached hydrogen (secondary N) is 1. The molecule has 2 aliphatic rings. The van der Waals surface area contributed by atoms with E-state index in [1.165, 1.54) is 57.3 Å². The Hall–Kier alpha value is -0.860. The molecule has 1 N–H and O–H groups in total. The van der Waals surface area contributed by atoms with Crippen LogP contribution in [-0.2, 0) is 6.42 Å². The van der Waals surface area contributed by atoms with Crippen LogP contribution in [0.4, 0.5) is 0 Å². The molecule has 1 aromatic rings. The minimum Gasteiger partial charge on any atom is -0.307 e. The van der Waals surface area contributed by atoms with Crippen molar-refractivity contribution in [1.29, 1.82) is 0 Å². The molecule has 1 unspecified atom stereocenters. The van der Waals surface area contributed by atoms with Crippen molar-refractivity contribution >= 4 is 0 Å². The lowest BCUT2D eigenvalue weighted by molar-refractivity contribution is 0.191. The molecule has 2 heteroatoms. The van der Waals surface area contributed by atoms with Crippen LogP contribution in [0.5, 0.6) is 0 Å². The highest BCUT2D eigenvalue weighted by molar-refractivity contribution is 5.37. The second-order valence-electron chi connectivity index (χ2n) is 6.58. The first-order chi connectivity index (χ1) is 9.76. The van der Waals surface area contributed by atoms with Crippen LogP contribution in [0.25, 0.3) is 0 Å². The van der Waals surface area contributed by atoms with Crippen molar-refractivity contribution in [3.8, 4) is 0 Å². The summed E-state index contributed by atoms with van der Waals surface area (Å²) in [6.07, 6.45) is 6.46. The van der Waals surface area contributed by atoms with Gasteiger partial charge in [-0.1, -0.05) is 30.7 Å². The molecule has 1 aromatic carbocycles. The van der Waals surface area contributed by atoms with Crippen molar-refractivity contribution < 1.29 is 0 Å². The monoisotopic (exact) mass is 272 g/mol. The standard InChI is InChI=1S/C18H28N2/c1-3-10-20-11-8-16(9-12-20)19-18-7-6-15-5-4-14(2)13-17(15)18/h4-5,13,16,18-19H,3,6-12H2,1-2H3. The first kappa shape index (κ1) is 14.1. The Labute approximate surface area is 123 Å². The number of hydrogen-bond acceptors (Lipinski definition) is 2. The van der Waals surface area contributed by atoms with Crippen LogP contribution in [0, 0.1) is 6.92 Å². The molecule has 1 heterocycles. The Kier molecular flexibility index (Phi) is 4.42. The Morgan fingerprint density at radius 2 is 2.00 bits per heavy atom. The van der Waals surface area contributed by atoms with Gasteiger partial charge in [0.2, 0.25) is 0 Å². The van der Waals surface area contributed by atoms with Crippen molar-refractivity contribution in [3.05, 3.63) is 34.9 Å². The predicted molar refractivity (Wildman–Crippen MR) is 85.1 cm³/mol. The second kappa shape index (κ2) is 6.28. The number of piperidine rings is 1. The van der Waals surface area contributed by atoms with Gasteiger partial charge in [0, 0.05) is 12.1 Å². The van der Waals surface area contributed by atoms with E-state index < -0.39 is 0 Å². The summed E-state index contributed by atoms with van der Waals surface area (Å²) in [5.41, 5.74) is 4.53. The topological polar surface area (TPSA) is 15.3 Å². The van der Waals surface area contributed by atoms with Crippen molar-refractivity contribution in [2.24, 2.45) is 0 Å². The molecule has 0 bridgehead atoms. The van der Waals surface area contributed by atoms with E-state index in [1.54, 1.807) is 11.1 Å². The van der Waals surface area contributed by atoms with Crippen LogP contribution in [-0.4, -0.2) is 30.6 Å². The van der Waals surface area contributed by atoms with Gasteiger partial charge in [-0.25, -0.2) is 0 Å². The van der Waals surface area contributed by atoms with Crippen LogP contribution >= 0.6 is 0 Å². The van der Waals surface area contributed by atoms with Crippen LogP contribution in [0.2, 0.25) is 0 Å². The van der Waals surface area contributed by atoms with E-state index in [0.29, 0.717) is 6.04 Å². The molecule has 1 aliphatic heterocycles. The Morgan fingerprint density at radius 3 is 2.75 bits per heavy atom. The molecule has 1 fully saturated rings. The summed E-state index contributed by atoms with van der Waals surface area (Å²) in [4.78, 5) is 2.62. The van der Waals surface area contributed by atoms with E-state index >= 15 is 0 Å². The molecular weight excluding hydrogens is 244 g/mol. The Morgan fingerprint density at radius 1 is 1.20 bits per heavy atom. The summed E-state index contributed by atoms with van der Waals surface area (Å²) in [6.45, 7) is 8.32. The summed E-state index contributed by atoms with van der Waals surface area (Å²) in [5.74, 6) is 0. The lowest BCUT2D eigenvalue weighted by atomic mass is 10.0. The third-order valence-electron chi connectivity index (χ3n) is 4.94. The zero-order chi connectivity index (χ0) is 13.9. The number of likely N-dealkylation sites (tertiary alicyclic amines) is 1. The smallest absolute Gasteiger partial charge is 0.0328 e. The van der Waals surface area contributed by atoms with Crippen molar-refractivity contribution in [2.75, 3.05) is 19.6 Å². The normalized spacial score (nSPS) is 24.0. The van der Waals surface area contributed by atoms with E-state index in [-0.39, 0.29) is 0 Å². The molecule has 0 amide bonds. The highest BCUT2D eigenvalue weighted by atomic mass is 15.1. The summed E-state index contributed by atoms with van der Waals surface area (Å²) < 4.78 is 0. The third kappa shape index (κ3) is 3.07. The van der Waals surface area contributed by atoms with E-state index in [1.807, 2.05) is 0 Å². The first-order valence-electron chi connectivity index (χ1n) is 8.34. The second-order valence-corrected chi connectivity index (χ2v) is 6.58. The zero-order valence-corrected chi connectivity index (χ0v) is 13.0. The Balaban J connectivity index is 1.57. The molecule has 1 aliphatic carbocycles. The van der Waals surface area contributed by atoms with Crippen LogP contribution < -0.4 is 5.32 Å². The van der Waals surface area contributed by atoms with Gasteiger partial charge in [-0.15, -0.1) is 0 Å². The number of aryl methyl sites for hydroxylation is 2. The molecule has 2 nitrogen and oxygen atoms in total. The molecule has 1 saturated heterocycles. The molecule has 3 rings (SSSR count).